The van der Waals surface area contributed by atoms with Crippen LogP contribution in [0.5, 0.6) is 5.75 Å². The van der Waals surface area contributed by atoms with E-state index in [1.54, 1.807) is 0 Å². The molecular weight excluding hydrogens is 201 g/mol. The predicted octanol–water partition coefficient (Wildman–Crippen LogP) is 1.88. The van der Waals surface area contributed by atoms with Gasteiger partial charge in [-0.2, -0.15) is 0 Å². The van der Waals surface area contributed by atoms with E-state index in [1.807, 2.05) is 0 Å². The first-order chi connectivity index (χ1) is 4.63. The number of phenolic OH excluding ortho intramolecular Hbond substituents is 1. The van der Waals surface area contributed by atoms with Crippen LogP contribution >= 0.6 is 15.9 Å². The van der Waals surface area contributed by atoms with Crippen LogP contribution in [0.1, 0.15) is 0 Å². The highest BCUT2D eigenvalue weighted by Crippen LogP contribution is 2.29. The fourth-order valence-electron chi connectivity index (χ4n) is 0.554. The highest BCUT2D eigenvalue weighted by molar-refractivity contribution is 9.10. The Labute approximate surface area is 65.6 Å². The zero-order chi connectivity index (χ0) is 7.72. The Hall–Kier alpha value is -0.770. The summed E-state index contributed by atoms with van der Waals surface area (Å²) in [6, 6.07) is 2.62. The molecule has 1 aromatic rings. The Kier molecular flexibility index (Phi) is 1.80. The Morgan fingerprint density at radius 2 is 2.10 bits per heavy atom. The van der Waals surface area contributed by atoms with Gasteiger partial charge in [-0.25, -0.2) is 4.39 Å². The molecule has 1 aromatic carbocycles. The minimum absolute atomic E-state index is 0.00694. The van der Waals surface area contributed by atoms with Gasteiger partial charge in [0.1, 0.15) is 5.75 Å². The second-order valence-corrected chi connectivity index (χ2v) is 2.59. The molecule has 0 fully saturated rings. The number of benzene rings is 1. The number of nitrogens with two attached hydrogens (primary N) is 1. The van der Waals surface area contributed by atoms with Gasteiger partial charge in [-0.3, -0.25) is 0 Å². The lowest BCUT2D eigenvalue weighted by Gasteiger charge is -1.99. The van der Waals surface area contributed by atoms with Crippen LogP contribution < -0.4 is 5.73 Å². The molecule has 0 aliphatic rings. The van der Waals surface area contributed by atoms with Crippen LogP contribution in [0.15, 0.2) is 16.6 Å². The van der Waals surface area contributed by atoms with Crippen LogP contribution in [0.2, 0.25) is 0 Å². The van der Waals surface area contributed by atoms with Crippen molar-refractivity contribution in [2.24, 2.45) is 0 Å². The normalized spacial score (nSPS) is 9.80. The lowest BCUT2D eigenvalue weighted by Crippen LogP contribution is -1.90. The van der Waals surface area contributed by atoms with Gasteiger partial charge in [-0.1, -0.05) is 0 Å². The molecule has 0 saturated carbocycles. The maximum absolute atomic E-state index is 12.7. The molecule has 0 bridgehead atoms. The summed E-state index contributed by atoms with van der Waals surface area (Å²) in [5.74, 6) is -0.772. The summed E-state index contributed by atoms with van der Waals surface area (Å²) in [6.07, 6.45) is 0. The third-order valence-corrected chi connectivity index (χ3v) is 1.85. The molecule has 0 spiro atoms. The van der Waals surface area contributed by atoms with E-state index in [-0.39, 0.29) is 15.9 Å². The molecule has 0 radical (unpaired) electrons. The number of nitrogen functional groups attached to an aromatic ring is 1. The summed E-state index contributed by atoms with van der Waals surface area (Å²) in [4.78, 5) is 0. The van der Waals surface area contributed by atoms with Crippen molar-refractivity contribution in [3.8, 4) is 5.75 Å². The lowest BCUT2D eigenvalue weighted by atomic mass is 10.3. The topological polar surface area (TPSA) is 46.2 Å². The van der Waals surface area contributed by atoms with Crippen LogP contribution in [0, 0.1) is 5.82 Å². The third kappa shape index (κ3) is 1.07. The van der Waals surface area contributed by atoms with E-state index < -0.39 is 5.82 Å². The molecule has 3 N–H and O–H groups in total. The number of aromatic hydroxyl groups is 1. The average Bonchev–Trinajstić information content (AvgIpc) is 1.93. The summed E-state index contributed by atoms with van der Waals surface area (Å²) in [7, 11) is 0. The van der Waals surface area contributed by atoms with Gasteiger partial charge < -0.3 is 10.8 Å². The molecule has 0 saturated heterocycles. The number of phenols is 1. The molecule has 0 aromatic heterocycles. The molecule has 4 heteroatoms. The Morgan fingerprint density at radius 1 is 1.50 bits per heavy atom. The number of anilines is 1. The molecule has 0 amide bonds. The first-order valence-electron chi connectivity index (χ1n) is 2.55. The van der Waals surface area contributed by atoms with Crippen molar-refractivity contribution >= 4 is 21.6 Å². The van der Waals surface area contributed by atoms with Crippen LogP contribution in [-0.4, -0.2) is 5.11 Å². The number of halogens is 2. The molecule has 0 aliphatic heterocycles. The van der Waals surface area contributed by atoms with E-state index in [2.05, 4.69) is 15.9 Å². The molecule has 0 aliphatic carbocycles. The van der Waals surface area contributed by atoms with Crippen molar-refractivity contribution in [3.63, 3.8) is 0 Å². The smallest absolute Gasteiger partial charge is 0.163 e. The average molecular weight is 206 g/mol. The Balaban J connectivity index is 3.34. The number of hydrogen-bond donors (Lipinski definition) is 2. The fourth-order valence-corrected chi connectivity index (χ4v) is 0.915. The van der Waals surface area contributed by atoms with Gasteiger partial charge in [0, 0.05) is 0 Å². The summed E-state index contributed by atoms with van der Waals surface area (Å²) in [6.45, 7) is 0. The van der Waals surface area contributed by atoms with Crippen LogP contribution in [-0.2, 0) is 0 Å². The second-order valence-electron chi connectivity index (χ2n) is 1.80. The van der Waals surface area contributed by atoms with Gasteiger partial charge in [0.25, 0.3) is 0 Å². The van der Waals surface area contributed by atoms with Gasteiger partial charge in [-0.05, 0) is 28.1 Å². The van der Waals surface area contributed by atoms with Gasteiger partial charge >= 0.3 is 0 Å². The first kappa shape index (κ1) is 7.34. The standard InChI is InChI=1S/C6H5BrFNO/c7-5-4(10)2-1-3(9)6(5)8/h1-2,10H,9H2. The van der Waals surface area contributed by atoms with Gasteiger partial charge in [0.15, 0.2) is 5.82 Å². The zero-order valence-electron chi connectivity index (χ0n) is 4.94. The van der Waals surface area contributed by atoms with Crippen molar-refractivity contribution in [3.05, 3.63) is 22.4 Å². The molecule has 0 unspecified atom stereocenters. The van der Waals surface area contributed by atoms with Gasteiger partial charge in [-0.15, -0.1) is 0 Å². The maximum atomic E-state index is 12.7. The fraction of sp³-hybridized carbons (Fsp3) is 0. The molecule has 0 heterocycles. The summed E-state index contributed by atoms with van der Waals surface area (Å²) >= 11 is 2.82. The van der Waals surface area contributed by atoms with Crippen molar-refractivity contribution in [2.75, 3.05) is 5.73 Å². The molecular formula is C6H5BrFNO. The minimum Gasteiger partial charge on any atom is -0.507 e. The van der Waals surface area contributed by atoms with Crippen LogP contribution in [0.3, 0.4) is 0 Å². The van der Waals surface area contributed by atoms with Crippen LogP contribution in [0.25, 0.3) is 0 Å². The number of hydrogen-bond acceptors (Lipinski definition) is 2. The van der Waals surface area contributed by atoms with E-state index in [0.717, 1.165) is 0 Å². The molecule has 10 heavy (non-hydrogen) atoms. The highest BCUT2D eigenvalue weighted by atomic mass is 79.9. The van der Waals surface area contributed by atoms with E-state index >= 15 is 0 Å². The van der Waals surface area contributed by atoms with E-state index in [9.17, 15) is 4.39 Å². The van der Waals surface area contributed by atoms with Gasteiger partial charge in [0.05, 0.1) is 10.2 Å². The van der Waals surface area contributed by atoms with Crippen LogP contribution in [0.4, 0.5) is 10.1 Å². The zero-order valence-corrected chi connectivity index (χ0v) is 6.52. The predicted molar refractivity (Wildman–Crippen MR) is 40.2 cm³/mol. The van der Waals surface area contributed by atoms with E-state index in [4.69, 9.17) is 10.8 Å². The molecule has 2 nitrogen and oxygen atoms in total. The van der Waals surface area contributed by atoms with Crippen molar-refractivity contribution in [1.29, 1.82) is 0 Å². The van der Waals surface area contributed by atoms with Gasteiger partial charge in [0.2, 0.25) is 0 Å². The minimum atomic E-state index is -0.625. The molecule has 0 atom stereocenters. The SMILES string of the molecule is Nc1ccc(O)c(Br)c1F. The van der Waals surface area contributed by atoms with Crippen molar-refractivity contribution in [2.45, 2.75) is 0 Å². The highest BCUT2D eigenvalue weighted by Gasteiger charge is 2.06. The van der Waals surface area contributed by atoms with E-state index in [1.165, 1.54) is 12.1 Å². The van der Waals surface area contributed by atoms with Crippen molar-refractivity contribution in [1.82, 2.24) is 0 Å². The molecule has 54 valence electrons. The van der Waals surface area contributed by atoms with E-state index in [0.29, 0.717) is 0 Å². The quantitative estimate of drug-likeness (QED) is 0.502. The lowest BCUT2D eigenvalue weighted by molar-refractivity contribution is 0.464. The Morgan fingerprint density at radius 3 is 2.60 bits per heavy atom. The third-order valence-electron chi connectivity index (χ3n) is 1.09. The molecule has 1 rings (SSSR count). The first-order valence-corrected chi connectivity index (χ1v) is 3.34. The summed E-state index contributed by atoms with van der Waals surface area (Å²) < 4.78 is 12.7. The van der Waals surface area contributed by atoms with Crippen molar-refractivity contribution < 1.29 is 9.50 Å². The summed E-state index contributed by atoms with van der Waals surface area (Å²) in [5, 5.41) is 8.88. The second kappa shape index (κ2) is 2.46. The monoisotopic (exact) mass is 205 g/mol. The number of rotatable bonds is 0. The largest absolute Gasteiger partial charge is 0.507 e. The Bertz CT molecular complexity index is 237. The maximum Gasteiger partial charge on any atom is 0.163 e. The summed E-state index contributed by atoms with van der Waals surface area (Å²) in [5.41, 5.74) is 5.19.